The van der Waals surface area contributed by atoms with Crippen molar-refractivity contribution in [2.75, 3.05) is 11.9 Å². The van der Waals surface area contributed by atoms with Crippen LogP contribution in [0, 0.1) is 23.1 Å². The van der Waals surface area contributed by atoms with E-state index in [9.17, 15) is 14.0 Å². The maximum atomic E-state index is 13.6. The van der Waals surface area contributed by atoms with Crippen molar-refractivity contribution in [2.45, 2.75) is 12.8 Å². The molecule has 1 heterocycles. The second-order valence-electron chi connectivity index (χ2n) is 4.34. The summed E-state index contributed by atoms with van der Waals surface area (Å²) in [5, 5.41) is 13.7. The highest BCUT2D eigenvalue weighted by Crippen LogP contribution is 2.18. The van der Waals surface area contributed by atoms with E-state index >= 15 is 0 Å². The predicted molar refractivity (Wildman–Crippen MR) is 65.5 cm³/mol. The van der Waals surface area contributed by atoms with E-state index in [1.165, 1.54) is 12.1 Å². The Hall–Kier alpha value is -2.42. The van der Waals surface area contributed by atoms with Gasteiger partial charge in [-0.3, -0.25) is 9.59 Å². The van der Waals surface area contributed by atoms with Crippen LogP contribution in [-0.4, -0.2) is 18.4 Å². The van der Waals surface area contributed by atoms with Crippen LogP contribution in [0.15, 0.2) is 18.2 Å². The van der Waals surface area contributed by atoms with Gasteiger partial charge in [0, 0.05) is 13.0 Å². The standard InChI is InChI=1S/C13H12FN3O2/c14-10-5-8(6-15)1-3-11(10)17-13(19)9-2-4-12(18)16-7-9/h1,3,5,9H,2,4,7H2,(H,16,18)(H,17,19). The van der Waals surface area contributed by atoms with Crippen molar-refractivity contribution < 1.29 is 14.0 Å². The van der Waals surface area contributed by atoms with Gasteiger partial charge in [0.2, 0.25) is 11.8 Å². The van der Waals surface area contributed by atoms with Crippen LogP contribution in [-0.2, 0) is 9.59 Å². The summed E-state index contributed by atoms with van der Waals surface area (Å²) in [4.78, 5) is 22.9. The largest absolute Gasteiger partial charge is 0.355 e. The zero-order chi connectivity index (χ0) is 13.8. The fourth-order valence-electron chi connectivity index (χ4n) is 1.88. The number of anilines is 1. The number of halogens is 1. The molecule has 1 unspecified atom stereocenters. The number of hydrogen-bond acceptors (Lipinski definition) is 3. The van der Waals surface area contributed by atoms with Gasteiger partial charge in [-0.1, -0.05) is 0 Å². The quantitative estimate of drug-likeness (QED) is 0.838. The number of carbonyl (C=O) groups is 2. The Bertz CT molecular complexity index is 555. The van der Waals surface area contributed by atoms with Crippen molar-refractivity contribution in [3.63, 3.8) is 0 Å². The molecule has 19 heavy (non-hydrogen) atoms. The number of carbonyl (C=O) groups excluding carboxylic acids is 2. The smallest absolute Gasteiger partial charge is 0.229 e. The van der Waals surface area contributed by atoms with Crippen LogP contribution >= 0.6 is 0 Å². The van der Waals surface area contributed by atoms with Gasteiger partial charge >= 0.3 is 0 Å². The fraction of sp³-hybridized carbons (Fsp3) is 0.308. The molecule has 6 heteroatoms. The molecule has 1 fully saturated rings. The first kappa shape index (κ1) is 13.0. The highest BCUT2D eigenvalue weighted by atomic mass is 19.1. The van der Waals surface area contributed by atoms with Gasteiger partial charge < -0.3 is 10.6 Å². The van der Waals surface area contributed by atoms with Gasteiger partial charge in [0.25, 0.3) is 0 Å². The minimum Gasteiger partial charge on any atom is -0.355 e. The van der Waals surface area contributed by atoms with Gasteiger partial charge in [0.1, 0.15) is 5.82 Å². The van der Waals surface area contributed by atoms with Crippen molar-refractivity contribution in [1.82, 2.24) is 5.32 Å². The van der Waals surface area contributed by atoms with Crippen molar-refractivity contribution in [1.29, 1.82) is 5.26 Å². The number of hydrogen-bond donors (Lipinski definition) is 2. The Labute approximate surface area is 109 Å². The van der Waals surface area contributed by atoms with Gasteiger partial charge in [-0.25, -0.2) is 4.39 Å². The molecule has 0 aromatic heterocycles. The monoisotopic (exact) mass is 261 g/mol. The highest BCUT2D eigenvalue weighted by Gasteiger charge is 2.24. The minimum absolute atomic E-state index is 0.0425. The summed E-state index contributed by atoms with van der Waals surface area (Å²) in [5.74, 6) is -1.41. The predicted octanol–water partition coefficient (Wildman–Crippen LogP) is 1.16. The first-order valence-electron chi connectivity index (χ1n) is 5.87. The number of nitrogens with zero attached hydrogens (tertiary/aromatic N) is 1. The Morgan fingerprint density at radius 1 is 1.53 bits per heavy atom. The minimum atomic E-state index is -0.646. The molecule has 0 bridgehead atoms. The van der Waals surface area contributed by atoms with Gasteiger partial charge in [-0.15, -0.1) is 0 Å². The molecule has 1 atom stereocenters. The molecule has 0 aliphatic carbocycles. The van der Waals surface area contributed by atoms with Crippen LogP contribution in [0.1, 0.15) is 18.4 Å². The van der Waals surface area contributed by atoms with Crippen LogP contribution in [0.25, 0.3) is 0 Å². The third kappa shape index (κ3) is 3.07. The molecule has 2 rings (SSSR count). The number of nitrogens with one attached hydrogen (secondary N) is 2. The third-order valence-electron chi connectivity index (χ3n) is 2.99. The van der Waals surface area contributed by atoms with Crippen LogP contribution in [0.5, 0.6) is 0 Å². The second kappa shape index (κ2) is 5.48. The van der Waals surface area contributed by atoms with Crippen LogP contribution in [0.2, 0.25) is 0 Å². The van der Waals surface area contributed by atoms with Gasteiger partial charge in [-0.2, -0.15) is 5.26 Å². The molecule has 98 valence electrons. The second-order valence-corrected chi connectivity index (χ2v) is 4.34. The molecular weight excluding hydrogens is 249 g/mol. The maximum absolute atomic E-state index is 13.6. The summed E-state index contributed by atoms with van der Waals surface area (Å²) in [5.41, 5.74) is 0.237. The van der Waals surface area contributed by atoms with Gasteiger partial charge in [-0.05, 0) is 24.6 Å². The molecule has 0 saturated carbocycles. The highest BCUT2D eigenvalue weighted by molar-refractivity contribution is 5.94. The molecule has 2 N–H and O–H groups in total. The van der Waals surface area contributed by atoms with E-state index in [0.717, 1.165) is 6.07 Å². The number of rotatable bonds is 2. The molecule has 5 nitrogen and oxygen atoms in total. The molecule has 0 radical (unpaired) electrons. The summed E-state index contributed by atoms with van der Waals surface area (Å²) >= 11 is 0. The Morgan fingerprint density at radius 3 is 2.89 bits per heavy atom. The normalized spacial score (nSPS) is 18.3. The van der Waals surface area contributed by atoms with E-state index in [1.807, 2.05) is 6.07 Å². The maximum Gasteiger partial charge on any atom is 0.229 e. The summed E-state index contributed by atoms with van der Waals surface area (Å²) < 4.78 is 13.6. The molecule has 1 aliphatic heterocycles. The summed E-state index contributed by atoms with van der Waals surface area (Å²) in [6.45, 7) is 0.266. The first-order chi connectivity index (χ1) is 9.10. The van der Waals surface area contributed by atoms with Crippen molar-refractivity contribution in [3.8, 4) is 6.07 Å². The van der Waals surface area contributed by atoms with Gasteiger partial charge in [0.15, 0.2) is 0 Å². The van der Waals surface area contributed by atoms with Crippen molar-refractivity contribution >= 4 is 17.5 Å². The zero-order valence-corrected chi connectivity index (χ0v) is 10.1. The molecule has 0 spiro atoms. The molecule has 1 aromatic carbocycles. The molecule has 1 aliphatic rings. The van der Waals surface area contributed by atoms with Gasteiger partial charge in [0.05, 0.1) is 23.2 Å². The summed E-state index contributed by atoms with van der Waals surface area (Å²) in [7, 11) is 0. The lowest BCUT2D eigenvalue weighted by Crippen LogP contribution is -2.40. The molecule has 1 aromatic rings. The summed E-state index contributed by atoms with van der Waals surface area (Å²) in [6, 6.07) is 5.67. The SMILES string of the molecule is N#Cc1ccc(NC(=O)C2CCC(=O)NC2)c(F)c1. The topological polar surface area (TPSA) is 82.0 Å². The molecular formula is C13H12FN3O2. The van der Waals surface area contributed by atoms with Crippen LogP contribution in [0.3, 0.4) is 0 Å². The van der Waals surface area contributed by atoms with E-state index in [1.54, 1.807) is 0 Å². The zero-order valence-electron chi connectivity index (χ0n) is 10.1. The average Bonchev–Trinajstić information content (AvgIpc) is 2.41. The van der Waals surface area contributed by atoms with E-state index in [0.29, 0.717) is 12.8 Å². The van der Waals surface area contributed by atoms with Crippen LogP contribution < -0.4 is 10.6 Å². The Morgan fingerprint density at radius 2 is 2.32 bits per heavy atom. The lowest BCUT2D eigenvalue weighted by molar-refractivity contribution is -0.126. The number of benzene rings is 1. The Kier molecular flexibility index (Phi) is 3.76. The number of nitriles is 1. The fourth-order valence-corrected chi connectivity index (χ4v) is 1.88. The molecule has 2 amide bonds. The van der Waals surface area contributed by atoms with Crippen molar-refractivity contribution in [3.05, 3.63) is 29.6 Å². The summed E-state index contributed by atoms with van der Waals surface area (Å²) in [6.07, 6.45) is 0.753. The molecule has 1 saturated heterocycles. The number of amides is 2. The third-order valence-corrected chi connectivity index (χ3v) is 2.99. The van der Waals surface area contributed by atoms with E-state index in [4.69, 9.17) is 5.26 Å². The first-order valence-corrected chi connectivity index (χ1v) is 5.87. The van der Waals surface area contributed by atoms with E-state index < -0.39 is 5.82 Å². The average molecular weight is 261 g/mol. The van der Waals surface area contributed by atoms with Crippen molar-refractivity contribution in [2.24, 2.45) is 5.92 Å². The lowest BCUT2D eigenvalue weighted by Gasteiger charge is -2.21. The van der Waals surface area contributed by atoms with E-state index in [2.05, 4.69) is 10.6 Å². The number of piperidine rings is 1. The lowest BCUT2D eigenvalue weighted by atomic mass is 9.98. The van der Waals surface area contributed by atoms with Crippen LogP contribution in [0.4, 0.5) is 10.1 Å². The van der Waals surface area contributed by atoms with E-state index in [-0.39, 0.29) is 35.5 Å². The Balaban J connectivity index is 2.03.